The van der Waals surface area contributed by atoms with Crippen LogP contribution in [0.5, 0.6) is 0 Å². The van der Waals surface area contributed by atoms with E-state index in [0.29, 0.717) is 0 Å². The monoisotopic (exact) mass is 350 g/mol. The SMILES string of the molecule is Cc1cc(C)n(CC(=O)NNC(=O)/C=C/c2c(F)cccc2Cl)n1. The molecule has 0 aliphatic heterocycles. The van der Waals surface area contributed by atoms with Crippen LogP contribution in [0.2, 0.25) is 5.02 Å². The van der Waals surface area contributed by atoms with Crippen LogP contribution in [0, 0.1) is 19.7 Å². The van der Waals surface area contributed by atoms with Crippen LogP contribution in [0.1, 0.15) is 17.0 Å². The zero-order valence-corrected chi connectivity index (χ0v) is 13.9. The number of carbonyl (C=O) groups is 2. The molecule has 1 aromatic heterocycles. The van der Waals surface area contributed by atoms with Crippen LogP contribution in [0.3, 0.4) is 0 Å². The van der Waals surface area contributed by atoms with E-state index in [1.54, 1.807) is 0 Å². The molecule has 0 fully saturated rings. The van der Waals surface area contributed by atoms with Crippen LogP contribution in [0.15, 0.2) is 30.3 Å². The summed E-state index contributed by atoms with van der Waals surface area (Å²) >= 11 is 5.85. The molecule has 2 amide bonds. The molecule has 2 rings (SSSR count). The van der Waals surface area contributed by atoms with E-state index < -0.39 is 17.6 Å². The van der Waals surface area contributed by atoms with Crippen molar-refractivity contribution in [1.82, 2.24) is 20.6 Å². The summed E-state index contributed by atoms with van der Waals surface area (Å²) in [6.45, 7) is 3.62. The first-order chi connectivity index (χ1) is 11.4. The highest BCUT2D eigenvalue weighted by Crippen LogP contribution is 2.20. The van der Waals surface area contributed by atoms with E-state index in [4.69, 9.17) is 11.6 Å². The minimum absolute atomic E-state index is 0.0250. The Hall–Kier alpha value is -2.67. The second kappa shape index (κ2) is 7.74. The molecule has 1 heterocycles. The number of hydrazine groups is 1. The van der Waals surface area contributed by atoms with E-state index in [1.165, 1.54) is 29.0 Å². The van der Waals surface area contributed by atoms with Gasteiger partial charge in [0.05, 0.1) is 10.7 Å². The molecule has 0 saturated heterocycles. The molecule has 0 spiro atoms. The summed E-state index contributed by atoms with van der Waals surface area (Å²) in [6.07, 6.45) is 2.31. The molecule has 0 atom stereocenters. The van der Waals surface area contributed by atoms with E-state index in [0.717, 1.165) is 17.5 Å². The maximum Gasteiger partial charge on any atom is 0.262 e. The van der Waals surface area contributed by atoms with Gasteiger partial charge in [-0.3, -0.25) is 25.1 Å². The predicted octanol–water partition coefficient (Wildman–Crippen LogP) is 2.15. The molecule has 0 aliphatic carbocycles. The Morgan fingerprint density at radius 3 is 2.71 bits per heavy atom. The molecular weight excluding hydrogens is 335 g/mol. The van der Waals surface area contributed by atoms with Crippen LogP contribution in [-0.4, -0.2) is 21.6 Å². The van der Waals surface area contributed by atoms with Crippen LogP contribution in [0.4, 0.5) is 4.39 Å². The molecule has 0 radical (unpaired) electrons. The number of nitrogens with one attached hydrogen (secondary N) is 2. The van der Waals surface area contributed by atoms with Crippen LogP contribution < -0.4 is 10.9 Å². The Morgan fingerprint density at radius 2 is 2.08 bits per heavy atom. The molecule has 1 aromatic carbocycles. The Kier molecular flexibility index (Phi) is 5.70. The van der Waals surface area contributed by atoms with E-state index in [1.807, 2.05) is 19.9 Å². The number of halogens is 2. The fourth-order valence-electron chi connectivity index (χ4n) is 2.01. The zero-order chi connectivity index (χ0) is 17.7. The molecule has 126 valence electrons. The number of aryl methyl sites for hydroxylation is 2. The van der Waals surface area contributed by atoms with Gasteiger partial charge in [0.15, 0.2) is 0 Å². The molecule has 0 unspecified atom stereocenters. The van der Waals surface area contributed by atoms with Crippen molar-refractivity contribution in [2.45, 2.75) is 20.4 Å². The van der Waals surface area contributed by atoms with Gasteiger partial charge < -0.3 is 0 Å². The predicted molar refractivity (Wildman–Crippen MR) is 88.4 cm³/mol. The highest BCUT2D eigenvalue weighted by atomic mass is 35.5. The minimum Gasteiger partial charge on any atom is -0.271 e. The van der Waals surface area contributed by atoms with Gasteiger partial charge in [0.25, 0.3) is 11.8 Å². The number of hydrogen-bond acceptors (Lipinski definition) is 3. The van der Waals surface area contributed by atoms with Crippen molar-refractivity contribution in [2.75, 3.05) is 0 Å². The first-order valence-corrected chi connectivity index (χ1v) is 7.46. The fraction of sp³-hybridized carbons (Fsp3) is 0.188. The van der Waals surface area contributed by atoms with Crippen molar-refractivity contribution in [2.24, 2.45) is 0 Å². The summed E-state index contributed by atoms with van der Waals surface area (Å²) in [4.78, 5) is 23.4. The standard InChI is InChI=1S/C16H16ClFN4O2/c1-10-8-11(2)22(21-10)9-16(24)20-19-15(23)7-6-12-13(17)4-3-5-14(12)18/h3-8H,9H2,1-2H3,(H,19,23)(H,20,24)/b7-6+. The Balaban J connectivity index is 1.88. The average molecular weight is 351 g/mol. The number of rotatable bonds is 4. The van der Waals surface area contributed by atoms with Crippen molar-refractivity contribution in [1.29, 1.82) is 0 Å². The maximum atomic E-state index is 13.6. The highest BCUT2D eigenvalue weighted by molar-refractivity contribution is 6.32. The van der Waals surface area contributed by atoms with E-state index in [2.05, 4.69) is 16.0 Å². The summed E-state index contributed by atoms with van der Waals surface area (Å²) in [5, 5.41) is 4.33. The molecule has 6 nitrogen and oxygen atoms in total. The van der Waals surface area contributed by atoms with Gasteiger partial charge in [0.1, 0.15) is 12.4 Å². The van der Waals surface area contributed by atoms with Gasteiger partial charge in [0, 0.05) is 17.3 Å². The quantitative estimate of drug-likeness (QED) is 0.655. The maximum absolute atomic E-state index is 13.6. The number of nitrogens with zero attached hydrogens (tertiary/aromatic N) is 2. The average Bonchev–Trinajstić information content (AvgIpc) is 2.82. The summed E-state index contributed by atoms with van der Waals surface area (Å²) in [7, 11) is 0. The Bertz CT molecular complexity index is 781. The minimum atomic E-state index is -0.615. The second-order valence-electron chi connectivity index (χ2n) is 5.09. The largest absolute Gasteiger partial charge is 0.271 e. The fourth-order valence-corrected chi connectivity index (χ4v) is 2.24. The highest BCUT2D eigenvalue weighted by Gasteiger charge is 2.08. The third-order valence-electron chi connectivity index (χ3n) is 3.12. The summed E-state index contributed by atoms with van der Waals surface area (Å²) in [5.41, 5.74) is 6.20. The molecular formula is C16H16ClFN4O2. The second-order valence-corrected chi connectivity index (χ2v) is 5.50. The van der Waals surface area contributed by atoms with E-state index in [9.17, 15) is 14.0 Å². The van der Waals surface area contributed by atoms with Crippen molar-refractivity contribution in [3.05, 3.63) is 58.1 Å². The summed E-state index contributed by atoms with van der Waals surface area (Å²) in [5.74, 6) is -1.59. The number of carbonyl (C=O) groups excluding carboxylic acids is 2. The Morgan fingerprint density at radius 1 is 1.33 bits per heavy atom. The molecule has 0 bridgehead atoms. The lowest BCUT2D eigenvalue weighted by molar-refractivity contribution is -0.127. The normalized spacial score (nSPS) is 10.8. The van der Waals surface area contributed by atoms with Gasteiger partial charge >= 0.3 is 0 Å². The number of hydrogen-bond donors (Lipinski definition) is 2. The van der Waals surface area contributed by atoms with Gasteiger partial charge in [-0.05, 0) is 38.1 Å². The van der Waals surface area contributed by atoms with Crippen molar-refractivity contribution >= 4 is 29.5 Å². The zero-order valence-electron chi connectivity index (χ0n) is 13.1. The Labute approximate surface area is 143 Å². The molecule has 24 heavy (non-hydrogen) atoms. The number of amides is 2. The third-order valence-corrected chi connectivity index (χ3v) is 3.45. The lowest BCUT2D eigenvalue weighted by Crippen LogP contribution is -2.42. The molecule has 8 heteroatoms. The van der Waals surface area contributed by atoms with Gasteiger partial charge in [-0.1, -0.05) is 17.7 Å². The lowest BCUT2D eigenvalue weighted by atomic mass is 10.2. The molecule has 2 aromatic rings. The van der Waals surface area contributed by atoms with E-state index in [-0.39, 0.29) is 17.1 Å². The van der Waals surface area contributed by atoms with Crippen molar-refractivity contribution < 1.29 is 14.0 Å². The van der Waals surface area contributed by atoms with E-state index >= 15 is 0 Å². The number of aromatic nitrogens is 2. The summed E-state index contributed by atoms with van der Waals surface area (Å²) in [6, 6.07) is 6.05. The van der Waals surface area contributed by atoms with Gasteiger partial charge in [0.2, 0.25) is 0 Å². The first kappa shape index (κ1) is 17.7. The topological polar surface area (TPSA) is 76.0 Å². The van der Waals surface area contributed by atoms with Gasteiger partial charge in [-0.2, -0.15) is 5.10 Å². The van der Waals surface area contributed by atoms with Crippen LogP contribution in [0.25, 0.3) is 6.08 Å². The molecule has 0 saturated carbocycles. The first-order valence-electron chi connectivity index (χ1n) is 7.09. The third kappa shape index (κ3) is 4.66. The van der Waals surface area contributed by atoms with Crippen LogP contribution in [-0.2, 0) is 16.1 Å². The van der Waals surface area contributed by atoms with Crippen molar-refractivity contribution in [3.63, 3.8) is 0 Å². The molecule has 2 N–H and O–H groups in total. The van der Waals surface area contributed by atoms with Crippen molar-refractivity contribution in [3.8, 4) is 0 Å². The molecule has 0 aliphatic rings. The summed E-state index contributed by atoms with van der Waals surface area (Å²) < 4.78 is 15.1. The lowest BCUT2D eigenvalue weighted by Gasteiger charge is -2.07. The smallest absolute Gasteiger partial charge is 0.262 e. The van der Waals surface area contributed by atoms with Gasteiger partial charge in [-0.25, -0.2) is 4.39 Å². The van der Waals surface area contributed by atoms with Crippen LogP contribution >= 0.6 is 11.6 Å². The number of benzene rings is 1. The van der Waals surface area contributed by atoms with Gasteiger partial charge in [-0.15, -0.1) is 0 Å².